The minimum atomic E-state index is -0.995. The molecule has 21 heavy (non-hydrogen) atoms. The predicted molar refractivity (Wildman–Crippen MR) is 78.7 cm³/mol. The number of hydrogen-bond acceptors (Lipinski definition) is 3. The van der Waals surface area contributed by atoms with Crippen molar-refractivity contribution in [1.82, 2.24) is 4.90 Å². The Labute approximate surface area is 123 Å². The normalized spacial score (nSPS) is 17.8. The van der Waals surface area contributed by atoms with Crippen LogP contribution in [-0.4, -0.2) is 48.8 Å². The zero-order chi connectivity index (χ0) is 15.4. The highest BCUT2D eigenvalue weighted by Gasteiger charge is 2.26. The molecule has 0 spiro atoms. The summed E-state index contributed by atoms with van der Waals surface area (Å²) in [7, 11) is 1.66. The highest BCUT2D eigenvalue weighted by atomic mass is 16.5. The number of benzene rings is 1. The first-order valence-corrected chi connectivity index (χ1v) is 6.90. The molecule has 1 aliphatic rings. The lowest BCUT2D eigenvalue weighted by molar-refractivity contribution is 0.0696. The van der Waals surface area contributed by atoms with Gasteiger partial charge in [0.1, 0.15) is 0 Å². The number of hydrogen-bond donors (Lipinski definition) is 2. The van der Waals surface area contributed by atoms with Gasteiger partial charge in [-0.2, -0.15) is 0 Å². The molecule has 0 radical (unpaired) electrons. The fourth-order valence-electron chi connectivity index (χ4n) is 2.59. The fourth-order valence-corrected chi connectivity index (χ4v) is 2.59. The van der Waals surface area contributed by atoms with Gasteiger partial charge in [-0.05, 0) is 31.0 Å². The van der Waals surface area contributed by atoms with E-state index < -0.39 is 5.97 Å². The zero-order valence-electron chi connectivity index (χ0n) is 12.3. The van der Waals surface area contributed by atoms with Crippen molar-refractivity contribution in [2.45, 2.75) is 13.3 Å². The molecule has 1 aliphatic heterocycles. The van der Waals surface area contributed by atoms with Crippen LogP contribution in [-0.2, 0) is 4.74 Å². The second-order valence-electron chi connectivity index (χ2n) is 5.27. The molecule has 0 saturated carbocycles. The number of ether oxygens (including phenoxy) is 1. The second kappa shape index (κ2) is 6.58. The topological polar surface area (TPSA) is 78.9 Å². The number of urea groups is 1. The summed E-state index contributed by atoms with van der Waals surface area (Å²) >= 11 is 0. The van der Waals surface area contributed by atoms with E-state index in [9.17, 15) is 9.59 Å². The number of methoxy groups -OCH3 is 1. The maximum atomic E-state index is 12.2. The summed E-state index contributed by atoms with van der Waals surface area (Å²) in [5, 5.41) is 11.9. The Morgan fingerprint density at radius 1 is 1.48 bits per heavy atom. The van der Waals surface area contributed by atoms with Gasteiger partial charge in [-0.15, -0.1) is 0 Å². The summed E-state index contributed by atoms with van der Waals surface area (Å²) in [5.41, 5.74) is 1.30. The quantitative estimate of drug-likeness (QED) is 0.891. The number of carbonyl (C=O) groups excluding carboxylic acids is 1. The Morgan fingerprint density at radius 3 is 2.90 bits per heavy atom. The van der Waals surface area contributed by atoms with Gasteiger partial charge in [0.15, 0.2) is 0 Å². The predicted octanol–water partition coefficient (Wildman–Crippen LogP) is 2.19. The van der Waals surface area contributed by atoms with Gasteiger partial charge in [-0.3, -0.25) is 0 Å². The van der Waals surface area contributed by atoms with Crippen LogP contribution in [0.4, 0.5) is 10.5 Å². The number of likely N-dealkylation sites (tertiary alicyclic amines) is 1. The Morgan fingerprint density at radius 2 is 2.24 bits per heavy atom. The molecule has 2 N–H and O–H groups in total. The van der Waals surface area contributed by atoms with E-state index in [0.717, 1.165) is 6.42 Å². The molecule has 6 heteroatoms. The summed E-state index contributed by atoms with van der Waals surface area (Å²) in [5.74, 6) is -0.628. The highest BCUT2D eigenvalue weighted by Crippen LogP contribution is 2.21. The van der Waals surface area contributed by atoms with Gasteiger partial charge in [0.05, 0.1) is 12.2 Å². The monoisotopic (exact) mass is 292 g/mol. The molecule has 1 saturated heterocycles. The van der Waals surface area contributed by atoms with E-state index in [4.69, 9.17) is 9.84 Å². The van der Waals surface area contributed by atoms with Gasteiger partial charge < -0.3 is 20.1 Å². The lowest BCUT2D eigenvalue weighted by atomic mass is 10.1. The summed E-state index contributed by atoms with van der Waals surface area (Å²) in [6, 6.07) is 4.67. The molecule has 2 rings (SSSR count). The van der Waals surface area contributed by atoms with Crippen LogP contribution in [0, 0.1) is 12.8 Å². The van der Waals surface area contributed by atoms with Crippen molar-refractivity contribution in [3.05, 3.63) is 29.3 Å². The van der Waals surface area contributed by atoms with E-state index in [1.54, 1.807) is 31.1 Å². The molecule has 0 aromatic heterocycles. The lowest BCUT2D eigenvalue weighted by Crippen LogP contribution is -2.33. The second-order valence-corrected chi connectivity index (χ2v) is 5.27. The standard InChI is InChI=1S/C15H20N2O4/c1-10-12(14(18)19)4-3-5-13(10)16-15(20)17-7-6-11(8-17)9-21-2/h3-5,11H,6-9H2,1-2H3,(H,16,20)(H,18,19). The molecule has 114 valence electrons. The molecule has 0 aliphatic carbocycles. The number of carboxylic acid groups (broad SMARTS) is 1. The molecular formula is C15H20N2O4. The lowest BCUT2D eigenvalue weighted by Gasteiger charge is -2.18. The molecule has 1 unspecified atom stereocenters. The Kier molecular flexibility index (Phi) is 4.80. The first kappa shape index (κ1) is 15.3. The maximum Gasteiger partial charge on any atom is 0.336 e. The van der Waals surface area contributed by atoms with E-state index in [2.05, 4.69) is 5.32 Å². The number of anilines is 1. The molecule has 1 heterocycles. The first-order valence-electron chi connectivity index (χ1n) is 6.90. The number of carbonyl (C=O) groups is 2. The molecule has 1 aromatic rings. The molecule has 1 aromatic carbocycles. The van der Waals surface area contributed by atoms with Crippen LogP contribution in [0.1, 0.15) is 22.3 Å². The fraction of sp³-hybridized carbons (Fsp3) is 0.467. The number of amides is 2. The third-order valence-electron chi connectivity index (χ3n) is 3.78. The highest BCUT2D eigenvalue weighted by molar-refractivity contribution is 5.95. The largest absolute Gasteiger partial charge is 0.478 e. The molecular weight excluding hydrogens is 272 g/mol. The van der Waals surface area contributed by atoms with Crippen LogP contribution in [0.15, 0.2) is 18.2 Å². The van der Waals surface area contributed by atoms with Crippen LogP contribution < -0.4 is 5.32 Å². The Balaban J connectivity index is 2.04. The van der Waals surface area contributed by atoms with Gasteiger partial charge in [-0.1, -0.05) is 6.07 Å². The minimum Gasteiger partial charge on any atom is -0.478 e. The van der Waals surface area contributed by atoms with E-state index in [-0.39, 0.29) is 11.6 Å². The molecule has 2 amide bonds. The average molecular weight is 292 g/mol. The average Bonchev–Trinajstić information content (AvgIpc) is 2.90. The first-order chi connectivity index (χ1) is 10.0. The SMILES string of the molecule is COCC1CCN(C(=O)Nc2cccc(C(=O)O)c2C)C1. The Hall–Kier alpha value is -2.08. The van der Waals surface area contributed by atoms with E-state index >= 15 is 0 Å². The van der Waals surface area contributed by atoms with Crippen LogP contribution in [0.3, 0.4) is 0 Å². The van der Waals surface area contributed by atoms with Crippen LogP contribution in [0.5, 0.6) is 0 Å². The Bertz CT molecular complexity index is 544. The van der Waals surface area contributed by atoms with Crippen molar-refractivity contribution in [1.29, 1.82) is 0 Å². The third kappa shape index (κ3) is 3.52. The van der Waals surface area contributed by atoms with Crippen molar-refractivity contribution in [2.24, 2.45) is 5.92 Å². The molecule has 1 atom stereocenters. The summed E-state index contributed by atoms with van der Waals surface area (Å²) < 4.78 is 5.11. The van der Waals surface area contributed by atoms with Crippen LogP contribution >= 0.6 is 0 Å². The van der Waals surface area contributed by atoms with E-state index in [1.807, 2.05) is 0 Å². The van der Waals surface area contributed by atoms with Crippen molar-refractivity contribution in [3.63, 3.8) is 0 Å². The summed E-state index contributed by atoms with van der Waals surface area (Å²) in [6.45, 7) is 3.70. The zero-order valence-corrected chi connectivity index (χ0v) is 12.3. The van der Waals surface area contributed by atoms with Gasteiger partial charge in [0, 0.05) is 31.8 Å². The summed E-state index contributed by atoms with van der Waals surface area (Å²) in [6.07, 6.45) is 0.926. The van der Waals surface area contributed by atoms with Crippen LogP contribution in [0.2, 0.25) is 0 Å². The minimum absolute atomic E-state index is 0.195. The number of nitrogens with one attached hydrogen (secondary N) is 1. The number of nitrogens with zero attached hydrogens (tertiary/aromatic N) is 1. The maximum absolute atomic E-state index is 12.2. The van der Waals surface area contributed by atoms with Gasteiger partial charge in [-0.25, -0.2) is 9.59 Å². The van der Waals surface area contributed by atoms with E-state index in [1.165, 1.54) is 6.07 Å². The van der Waals surface area contributed by atoms with Gasteiger partial charge >= 0.3 is 12.0 Å². The van der Waals surface area contributed by atoms with Gasteiger partial charge in [0.25, 0.3) is 0 Å². The number of carboxylic acids is 1. The number of rotatable bonds is 4. The van der Waals surface area contributed by atoms with Crippen molar-refractivity contribution >= 4 is 17.7 Å². The molecule has 6 nitrogen and oxygen atoms in total. The molecule has 1 fully saturated rings. The number of aromatic carboxylic acids is 1. The van der Waals surface area contributed by atoms with Crippen LogP contribution in [0.25, 0.3) is 0 Å². The van der Waals surface area contributed by atoms with Crippen molar-refractivity contribution in [2.75, 3.05) is 32.1 Å². The van der Waals surface area contributed by atoms with Gasteiger partial charge in [0.2, 0.25) is 0 Å². The third-order valence-corrected chi connectivity index (χ3v) is 3.78. The summed E-state index contributed by atoms with van der Waals surface area (Å²) in [4.78, 5) is 25.1. The van der Waals surface area contributed by atoms with E-state index in [0.29, 0.717) is 36.9 Å². The van der Waals surface area contributed by atoms with Crippen molar-refractivity contribution < 1.29 is 19.4 Å². The smallest absolute Gasteiger partial charge is 0.336 e. The molecule has 0 bridgehead atoms. The van der Waals surface area contributed by atoms with Crippen molar-refractivity contribution in [3.8, 4) is 0 Å².